The van der Waals surface area contributed by atoms with Gasteiger partial charge < -0.3 is 10.3 Å². The van der Waals surface area contributed by atoms with Crippen LogP contribution in [-0.2, 0) is 11.2 Å². The van der Waals surface area contributed by atoms with Crippen molar-refractivity contribution in [3.8, 4) is 0 Å². The summed E-state index contributed by atoms with van der Waals surface area (Å²) in [5.74, 6) is 0.00851. The Bertz CT molecular complexity index is 807. The van der Waals surface area contributed by atoms with Gasteiger partial charge in [-0.2, -0.15) is 0 Å². The minimum Gasteiger partial charge on any atom is -0.361 e. The van der Waals surface area contributed by atoms with Gasteiger partial charge >= 0.3 is 0 Å². The third-order valence-corrected chi connectivity index (χ3v) is 4.12. The summed E-state index contributed by atoms with van der Waals surface area (Å²) in [6, 6.07) is 14.1. The zero-order chi connectivity index (χ0) is 14.8. The first kappa shape index (κ1) is 14.1. The number of aromatic nitrogens is 1. The van der Waals surface area contributed by atoms with Crippen molar-refractivity contribution in [1.82, 2.24) is 4.98 Å². The van der Waals surface area contributed by atoms with Crippen molar-refractivity contribution >= 4 is 45.1 Å². The number of hydrogen-bond donors (Lipinski definition) is 2. The summed E-state index contributed by atoms with van der Waals surface area (Å²) in [6.07, 6.45) is 2.29. The molecule has 0 aliphatic heterocycles. The first-order chi connectivity index (χ1) is 10.1. The average Bonchev–Trinajstić information content (AvgIpc) is 2.89. The minimum atomic E-state index is 0.00851. The van der Waals surface area contributed by atoms with E-state index in [0.717, 1.165) is 27.7 Å². The molecule has 0 bridgehead atoms. The summed E-state index contributed by atoms with van der Waals surface area (Å²) in [4.78, 5) is 15.3. The topological polar surface area (TPSA) is 44.9 Å². The highest BCUT2D eigenvalue weighted by molar-refractivity contribution is 14.1. The van der Waals surface area contributed by atoms with E-state index in [1.807, 2.05) is 49.5 Å². The third kappa shape index (κ3) is 3.26. The van der Waals surface area contributed by atoms with E-state index in [4.69, 9.17) is 0 Å². The van der Waals surface area contributed by atoms with Crippen LogP contribution in [0.1, 0.15) is 11.1 Å². The maximum Gasteiger partial charge on any atom is 0.228 e. The van der Waals surface area contributed by atoms with Crippen LogP contribution in [0.15, 0.2) is 48.7 Å². The van der Waals surface area contributed by atoms with E-state index in [2.05, 4.69) is 39.0 Å². The number of benzene rings is 2. The van der Waals surface area contributed by atoms with Crippen molar-refractivity contribution in [2.45, 2.75) is 13.3 Å². The lowest BCUT2D eigenvalue weighted by atomic mass is 10.1. The summed E-state index contributed by atoms with van der Waals surface area (Å²) in [6.45, 7) is 2.00. The van der Waals surface area contributed by atoms with Crippen LogP contribution in [-0.4, -0.2) is 10.9 Å². The van der Waals surface area contributed by atoms with E-state index in [9.17, 15) is 4.79 Å². The number of H-pyrrole nitrogens is 1. The highest BCUT2D eigenvalue weighted by Gasteiger charge is 2.07. The first-order valence-corrected chi connectivity index (χ1v) is 7.82. The van der Waals surface area contributed by atoms with Crippen LogP contribution in [0.3, 0.4) is 0 Å². The van der Waals surface area contributed by atoms with Crippen molar-refractivity contribution in [3.05, 3.63) is 63.4 Å². The maximum absolute atomic E-state index is 12.2. The van der Waals surface area contributed by atoms with Crippen LogP contribution >= 0.6 is 22.6 Å². The summed E-state index contributed by atoms with van der Waals surface area (Å²) in [5, 5.41) is 4.11. The van der Waals surface area contributed by atoms with Gasteiger partial charge in [0.25, 0.3) is 0 Å². The number of halogens is 1. The Balaban J connectivity index is 1.73. The number of nitrogens with one attached hydrogen (secondary N) is 2. The number of amides is 1. The molecular formula is C17H15IN2O. The van der Waals surface area contributed by atoms with E-state index in [0.29, 0.717) is 6.42 Å². The van der Waals surface area contributed by atoms with Gasteiger partial charge in [0.1, 0.15) is 0 Å². The lowest BCUT2D eigenvalue weighted by molar-refractivity contribution is -0.115. The van der Waals surface area contributed by atoms with Crippen molar-refractivity contribution < 1.29 is 4.79 Å². The number of fused-ring (bicyclic) bond motifs is 1. The van der Waals surface area contributed by atoms with E-state index < -0.39 is 0 Å². The molecule has 0 saturated heterocycles. The molecule has 1 amide bonds. The lowest BCUT2D eigenvalue weighted by Gasteiger charge is -2.09. The average molecular weight is 390 g/mol. The number of aromatic amines is 1. The van der Waals surface area contributed by atoms with Crippen LogP contribution in [0.2, 0.25) is 0 Å². The number of carbonyl (C=O) groups is 1. The summed E-state index contributed by atoms with van der Waals surface area (Å²) in [7, 11) is 0. The van der Waals surface area contributed by atoms with Gasteiger partial charge in [0.2, 0.25) is 5.91 Å². The fourth-order valence-electron chi connectivity index (χ4n) is 2.36. The Morgan fingerprint density at radius 2 is 2.05 bits per heavy atom. The summed E-state index contributed by atoms with van der Waals surface area (Å²) < 4.78 is 1.17. The van der Waals surface area contributed by atoms with Crippen molar-refractivity contribution in [1.29, 1.82) is 0 Å². The van der Waals surface area contributed by atoms with Gasteiger partial charge in [-0.3, -0.25) is 4.79 Å². The van der Waals surface area contributed by atoms with Crippen molar-refractivity contribution in [2.75, 3.05) is 5.32 Å². The Morgan fingerprint density at radius 3 is 2.86 bits per heavy atom. The molecule has 21 heavy (non-hydrogen) atoms. The Hall–Kier alpha value is -1.82. The number of carbonyl (C=O) groups excluding carboxylic acids is 1. The second-order valence-electron chi connectivity index (χ2n) is 5.08. The van der Waals surface area contributed by atoms with Gasteiger partial charge in [-0.05, 0) is 82.4 Å². The summed E-state index contributed by atoms with van der Waals surface area (Å²) in [5.41, 5.74) is 4.06. The van der Waals surface area contributed by atoms with Crippen LogP contribution in [0, 0.1) is 10.5 Å². The lowest BCUT2D eigenvalue weighted by Crippen LogP contribution is -2.15. The second-order valence-corrected chi connectivity index (χ2v) is 6.33. The van der Waals surface area contributed by atoms with Gasteiger partial charge in [-0.25, -0.2) is 0 Å². The Morgan fingerprint density at radius 1 is 1.19 bits per heavy atom. The molecule has 0 aliphatic rings. The fourth-order valence-corrected chi connectivity index (χ4v) is 3.01. The molecule has 0 radical (unpaired) electrons. The largest absolute Gasteiger partial charge is 0.361 e. The molecule has 3 aromatic rings. The molecule has 0 atom stereocenters. The standard InChI is InChI=1S/C17H15IN2O/c1-11-8-14(18)3-5-15(11)20-17(21)10-12-2-4-16-13(9-12)6-7-19-16/h2-9,19H,10H2,1H3,(H,20,21). The van der Waals surface area contributed by atoms with Gasteiger partial charge in [0.05, 0.1) is 6.42 Å². The highest BCUT2D eigenvalue weighted by atomic mass is 127. The van der Waals surface area contributed by atoms with Crippen LogP contribution in [0.25, 0.3) is 10.9 Å². The molecule has 3 rings (SSSR count). The zero-order valence-electron chi connectivity index (χ0n) is 11.6. The van der Waals surface area contributed by atoms with Crippen molar-refractivity contribution in [2.24, 2.45) is 0 Å². The first-order valence-electron chi connectivity index (χ1n) is 6.74. The molecule has 2 N–H and O–H groups in total. The number of anilines is 1. The molecule has 3 nitrogen and oxygen atoms in total. The minimum absolute atomic E-state index is 0.00851. The number of aryl methyl sites for hydroxylation is 1. The van der Waals surface area contributed by atoms with E-state index in [-0.39, 0.29) is 5.91 Å². The van der Waals surface area contributed by atoms with Crippen LogP contribution < -0.4 is 5.32 Å². The predicted molar refractivity (Wildman–Crippen MR) is 94.5 cm³/mol. The van der Waals surface area contributed by atoms with Crippen LogP contribution in [0.4, 0.5) is 5.69 Å². The van der Waals surface area contributed by atoms with Gasteiger partial charge in [-0.15, -0.1) is 0 Å². The number of hydrogen-bond acceptors (Lipinski definition) is 1. The quantitative estimate of drug-likeness (QED) is 0.645. The molecular weight excluding hydrogens is 375 g/mol. The van der Waals surface area contributed by atoms with E-state index in [1.54, 1.807) is 0 Å². The molecule has 0 saturated carbocycles. The number of rotatable bonds is 3. The fraction of sp³-hybridized carbons (Fsp3) is 0.118. The smallest absolute Gasteiger partial charge is 0.228 e. The maximum atomic E-state index is 12.2. The highest BCUT2D eigenvalue weighted by Crippen LogP contribution is 2.19. The van der Waals surface area contributed by atoms with Gasteiger partial charge in [0, 0.05) is 21.0 Å². The SMILES string of the molecule is Cc1cc(I)ccc1NC(=O)Cc1ccc2[nH]ccc2c1. The molecule has 1 aromatic heterocycles. The monoisotopic (exact) mass is 390 g/mol. The third-order valence-electron chi connectivity index (χ3n) is 3.44. The molecule has 0 spiro atoms. The molecule has 4 heteroatoms. The molecule has 0 unspecified atom stereocenters. The Labute approximate surface area is 136 Å². The molecule has 2 aromatic carbocycles. The van der Waals surface area contributed by atoms with Gasteiger partial charge in [-0.1, -0.05) is 6.07 Å². The van der Waals surface area contributed by atoms with E-state index in [1.165, 1.54) is 3.57 Å². The summed E-state index contributed by atoms with van der Waals surface area (Å²) >= 11 is 2.27. The predicted octanol–water partition coefficient (Wildman–Crippen LogP) is 4.26. The molecule has 1 heterocycles. The second kappa shape index (κ2) is 5.89. The molecule has 0 fully saturated rings. The molecule has 0 aliphatic carbocycles. The van der Waals surface area contributed by atoms with Gasteiger partial charge in [0.15, 0.2) is 0 Å². The van der Waals surface area contributed by atoms with E-state index >= 15 is 0 Å². The Kier molecular flexibility index (Phi) is 3.96. The van der Waals surface area contributed by atoms with Crippen LogP contribution in [0.5, 0.6) is 0 Å². The van der Waals surface area contributed by atoms with Crippen molar-refractivity contribution in [3.63, 3.8) is 0 Å². The zero-order valence-corrected chi connectivity index (χ0v) is 13.8. The molecule has 106 valence electrons. The normalized spacial score (nSPS) is 10.8.